The van der Waals surface area contributed by atoms with Crippen LogP contribution in [0.1, 0.15) is 73.9 Å². The van der Waals surface area contributed by atoms with E-state index in [0.717, 1.165) is 5.56 Å². The van der Waals surface area contributed by atoms with Crippen molar-refractivity contribution in [1.29, 1.82) is 0 Å². The fourth-order valence-corrected chi connectivity index (χ4v) is 2.03. The monoisotopic (exact) mass is 262 g/mol. The van der Waals surface area contributed by atoms with Crippen LogP contribution in [0.4, 0.5) is 0 Å². The maximum Gasteiger partial charge on any atom is 0.303 e. The van der Waals surface area contributed by atoms with Gasteiger partial charge in [-0.15, -0.1) is 0 Å². The Bertz CT molecular complexity index is 473. The van der Waals surface area contributed by atoms with Gasteiger partial charge < -0.3 is 5.11 Å². The highest BCUT2D eigenvalue weighted by molar-refractivity contribution is 5.99. The van der Waals surface area contributed by atoms with Gasteiger partial charge in [-0.1, -0.05) is 45.9 Å². The molecule has 0 fully saturated rings. The molecule has 0 saturated heterocycles. The quantitative estimate of drug-likeness (QED) is 0.789. The van der Waals surface area contributed by atoms with E-state index >= 15 is 0 Å². The van der Waals surface area contributed by atoms with Crippen molar-refractivity contribution < 1.29 is 14.7 Å². The zero-order chi connectivity index (χ0) is 14.6. The molecule has 0 aliphatic carbocycles. The first kappa shape index (κ1) is 15.4. The highest BCUT2D eigenvalue weighted by atomic mass is 16.4. The summed E-state index contributed by atoms with van der Waals surface area (Å²) in [6.07, 6.45) is -0.0433. The van der Waals surface area contributed by atoms with Gasteiger partial charge in [0.25, 0.3) is 0 Å². The van der Waals surface area contributed by atoms with Crippen LogP contribution in [0.5, 0.6) is 0 Å². The van der Waals surface area contributed by atoms with Gasteiger partial charge in [0.2, 0.25) is 0 Å². The van der Waals surface area contributed by atoms with Gasteiger partial charge in [-0.3, -0.25) is 9.59 Å². The Morgan fingerprint density at radius 1 is 1.05 bits per heavy atom. The summed E-state index contributed by atoms with van der Waals surface area (Å²) in [6, 6.07) is 5.88. The van der Waals surface area contributed by atoms with Crippen molar-refractivity contribution in [2.45, 2.75) is 52.4 Å². The van der Waals surface area contributed by atoms with Crippen molar-refractivity contribution in [2.24, 2.45) is 0 Å². The minimum absolute atomic E-state index is 0.0656. The van der Waals surface area contributed by atoms with Crippen molar-refractivity contribution in [2.75, 3.05) is 0 Å². The fraction of sp³-hybridized carbons (Fsp3) is 0.500. The largest absolute Gasteiger partial charge is 0.481 e. The Morgan fingerprint density at radius 2 is 1.68 bits per heavy atom. The lowest BCUT2D eigenvalue weighted by Crippen LogP contribution is -2.08. The molecule has 3 nitrogen and oxygen atoms in total. The Kier molecular flexibility index (Phi) is 5.28. The number of benzene rings is 1. The summed E-state index contributed by atoms with van der Waals surface area (Å²) in [6.45, 7) is 8.33. The molecule has 1 N–H and O–H groups in total. The van der Waals surface area contributed by atoms with Gasteiger partial charge in [0.05, 0.1) is 6.42 Å². The second-order valence-corrected chi connectivity index (χ2v) is 5.47. The maximum absolute atomic E-state index is 12.1. The van der Waals surface area contributed by atoms with Crippen molar-refractivity contribution in [3.63, 3.8) is 0 Å². The van der Waals surface area contributed by atoms with Crippen LogP contribution in [0.3, 0.4) is 0 Å². The van der Waals surface area contributed by atoms with Crippen molar-refractivity contribution in [3.05, 3.63) is 34.9 Å². The van der Waals surface area contributed by atoms with E-state index in [0.29, 0.717) is 11.5 Å². The molecule has 0 saturated carbocycles. The normalized spacial score (nSPS) is 11.1. The number of carboxylic acid groups (broad SMARTS) is 1. The molecule has 0 aromatic heterocycles. The second kappa shape index (κ2) is 6.50. The van der Waals surface area contributed by atoms with Crippen LogP contribution in [0.15, 0.2) is 18.2 Å². The van der Waals surface area contributed by atoms with E-state index in [1.807, 2.05) is 26.0 Å². The van der Waals surface area contributed by atoms with Gasteiger partial charge in [0.15, 0.2) is 5.78 Å². The summed E-state index contributed by atoms with van der Waals surface area (Å²) in [5.74, 6) is -0.345. The number of aliphatic carboxylic acids is 1. The molecular formula is C16H22O3. The predicted molar refractivity (Wildman–Crippen MR) is 75.8 cm³/mol. The zero-order valence-corrected chi connectivity index (χ0v) is 12.1. The van der Waals surface area contributed by atoms with E-state index in [4.69, 9.17) is 5.11 Å². The van der Waals surface area contributed by atoms with E-state index in [1.54, 1.807) is 0 Å². The number of carboxylic acids is 1. The Morgan fingerprint density at radius 3 is 2.16 bits per heavy atom. The molecule has 0 amide bonds. The number of hydrogen-bond donors (Lipinski definition) is 1. The summed E-state index contributed by atoms with van der Waals surface area (Å²) in [7, 11) is 0. The maximum atomic E-state index is 12.1. The van der Waals surface area contributed by atoms with Gasteiger partial charge in [-0.05, 0) is 23.0 Å². The smallest absolute Gasteiger partial charge is 0.303 e. The van der Waals surface area contributed by atoms with Gasteiger partial charge in [0, 0.05) is 12.0 Å². The van der Waals surface area contributed by atoms with Gasteiger partial charge in [0.1, 0.15) is 0 Å². The molecule has 1 rings (SSSR count). The van der Waals surface area contributed by atoms with Gasteiger partial charge in [-0.25, -0.2) is 0 Å². The molecule has 0 radical (unpaired) electrons. The van der Waals surface area contributed by atoms with E-state index < -0.39 is 5.97 Å². The highest BCUT2D eigenvalue weighted by Gasteiger charge is 2.16. The van der Waals surface area contributed by atoms with E-state index in [9.17, 15) is 9.59 Å². The average Bonchev–Trinajstić information content (AvgIpc) is 2.34. The van der Waals surface area contributed by atoms with Crippen LogP contribution in [0.2, 0.25) is 0 Å². The Balaban J connectivity index is 3.06. The lowest BCUT2D eigenvalue weighted by Gasteiger charge is -2.15. The average molecular weight is 262 g/mol. The van der Waals surface area contributed by atoms with E-state index in [-0.39, 0.29) is 24.5 Å². The molecule has 19 heavy (non-hydrogen) atoms. The lowest BCUT2D eigenvalue weighted by molar-refractivity contribution is -0.136. The van der Waals surface area contributed by atoms with E-state index in [1.165, 1.54) is 5.56 Å². The van der Waals surface area contributed by atoms with Crippen molar-refractivity contribution in [3.8, 4) is 0 Å². The highest BCUT2D eigenvalue weighted by Crippen LogP contribution is 2.26. The molecule has 0 aliphatic rings. The second-order valence-electron chi connectivity index (χ2n) is 5.47. The minimum atomic E-state index is -0.932. The number of Topliss-reactive ketones (excluding diaryl/α,β-unsaturated/α-hetero) is 1. The molecule has 1 aromatic rings. The number of carbonyl (C=O) groups is 2. The lowest BCUT2D eigenvalue weighted by atomic mass is 9.89. The first-order chi connectivity index (χ1) is 8.82. The van der Waals surface area contributed by atoms with Crippen molar-refractivity contribution >= 4 is 11.8 Å². The third-order valence-corrected chi connectivity index (χ3v) is 3.23. The first-order valence-corrected chi connectivity index (χ1v) is 6.71. The van der Waals surface area contributed by atoms with Gasteiger partial charge in [-0.2, -0.15) is 0 Å². The summed E-state index contributed by atoms with van der Waals surface area (Å²) in [5.41, 5.74) is 2.89. The number of hydrogen-bond acceptors (Lipinski definition) is 2. The molecule has 0 aliphatic heterocycles. The Hall–Kier alpha value is -1.64. The predicted octanol–water partition coefficient (Wildman–Crippen LogP) is 3.98. The zero-order valence-electron chi connectivity index (χ0n) is 12.1. The summed E-state index contributed by atoms with van der Waals surface area (Å²) < 4.78 is 0. The fourth-order valence-electron chi connectivity index (χ4n) is 2.03. The van der Waals surface area contributed by atoms with Crippen molar-refractivity contribution in [1.82, 2.24) is 0 Å². The third-order valence-electron chi connectivity index (χ3n) is 3.23. The van der Waals surface area contributed by atoms with Crippen LogP contribution in [0, 0.1) is 0 Å². The number of rotatable bonds is 6. The molecule has 1 aromatic carbocycles. The molecule has 0 atom stereocenters. The topological polar surface area (TPSA) is 54.4 Å². The molecule has 104 valence electrons. The SMILES string of the molecule is CC(C)c1ccc(C(=O)CCC(=O)O)c(C(C)C)c1. The summed E-state index contributed by atoms with van der Waals surface area (Å²) in [5, 5.41) is 8.65. The molecule has 0 spiro atoms. The standard InChI is InChI=1S/C16H22O3/c1-10(2)12-5-6-13(14(9-12)11(3)4)15(17)7-8-16(18)19/h5-6,9-11H,7-8H2,1-4H3,(H,18,19). The van der Waals surface area contributed by atoms with Crippen LogP contribution in [0.25, 0.3) is 0 Å². The minimum Gasteiger partial charge on any atom is -0.481 e. The number of ketones is 1. The third kappa shape index (κ3) is 4.19. The summed E-state index contributed by atoms with van der Waals surface area (Å²) >= 11 is 0. The molecule has 0 unspecified atom stereocenters. The number of carbonyl (C=O) groups excluding carboxylic acids is 1. The van der Waals surface area contributed by atoms with Crippen LogP contribution < -0.4 is 0 Å². The molecule has 0 bridgehead atoms. The van der Waals surface area contributed by atoms with Crippen LogP contribution in [-0.4, -0.2) is 16.9 Å². The molecular weight excluding hydrogens is 240 g/mol. The first-order valence-electron chi connectivity index (χ1n) is 6.71. The van der Waals surface area contributed by atoms with E-state index in [2.05, 4.69) is 19.9 Å². The molecule has 0 heterocycles. The molecule has 3 heteroatoms. The van der Waals surface area contributed by atoms with Crippen LogP contribution >= 0.6 is 0 Å². The summed E-state index contributed by atoms with van der Waals surface area (Å²) in [4.78, 5) is 22.6. The van der Waals surface area contributed by atoms with Crippen LogP contribution in [-0.2, 0) is 4.79 Å². The van der Waals surface area contributed by atoms with Gasteiger partial charge >= 0.3 is 5.97 Å². The Labute approximate surface area is 114 Å².